The second-order valence-electron chi connectivity index (χ2n) is 9.38. The van der Waals surface area contributed by atoms with Crippen LogP contribution in [0.15, 0.2) is 52.3 Å². The maximum Gasteiger partial charge on any atom is 0.123 e. The maximum absolute atomic E-state index is 9.50. The minimum absolute atomic E-state index is 0.0125. The fourth-order valence-corrected chi connectivity index (χ4v) is 5.86. The molecule has 0 spiro atoms. The highest BCUT2D eigenvalue weighted by Crippen LogP contribution is 2.38. The molecule has 0 bridgehead atoms. The van der Waals surface area contributed by atoms with Gasteiger partial charge in [-0.05, 0) is 49.8 Å². The molecule has 0 aromatic heterocycles. The van der Waals surface area contributed by atoms with Crippen LogP contribution in [0.25, 0.3) is 0 Å². The van der Waals surface area contributed by atoms with Crippen LogP contribution in [-0.4, -0.2) is 51.3 Å². The molecule has 5 heteroatoms. The molecule has 2 heterocycles. The Morgan fingerprint density at radius 1 is 0.914 bits per heavy atom. The molecule has 3 atom stereocenters. The molecule has 0 saturated carbocycles. The van der Waals surface area contributed by atoms with Crippen LogP contribution in [0.4, 0.5) is 0 Å². The third-order valence-electron chi connectivity index (χ3n) is 6.72. The molecule has 0 radical (unpaired) electrons. The van der Waals surface area contributed by atoms with Crippen molar-refractivity contribution in [1.82, 2.24) is 21.3 Å². The van der Waals surface area contributed by atoms with E-state index in [4.69, 9.17) is 12.4 Å². The Morgan fingerprint density at radius 3 is 2.60 bits per heavy atom. The summed E-state index contributed by atoms with van der Waals surface area (Å²) in [4.78, 5) is 1.24. The number of hydrogen-bond donors (Lipinski definition) is 4. The van der Waals surface area contributed by atoms with Crippen LogP contribution in [0.2, 0.25) is 2.82 Å². The standard InChI is InChI=1S/C30H46N4S/c1-23-14-15-29(24(2)20-23)35-30-13-9-8-12-27(30)26(28-22-32-17-19-34-28)11-7-5-3-4-6-10-25-21-31-16-18-33-25/h8-9,12-15,20,25-26,28,31-34H,3-7,10-11,16-19,21-22H2,1-2H3/i1D3,2D3,25D,28D/hD2. The zero-order valence-electron chi connectivity index (χ0n) is 30.6. The van der Waals surface area contributed by atoms with Crippen LogP contribution in [0, 0.1) is 13.7 Å². The van der Waals surface area contributed by atoms with E-state index in [2.05, 4.69) is 10.6 Å². The molecular weight excluding hydrogens is 448 g/mol. The first-order chi connectivity index (χ1) is 21.1. The van der Waals surface area contributed by atoms with Gasteiger partial charge in [-0.1, -0.05) is 79.8 Å². The van der Waals surface area contributed by atoms with Crippen molar-refractivity contribution < 1.29 is 13.8 Å². The number of rotatable bonds is 12. The summed E-state index contributed by atoms with van der Waals surface area (Å²) in [6, 6.07) is 9.86. The molecule has 35 heavy (non-hydrogen) atoms. The van der Waals surface area contributed by atoms with Crippen molar-refractivity contribution >= 4 is 11.8 Å². The summed E-state index contributed by atoms with van der Waals surface area (Å²) in [5.41, 5.74) is 0.852. The van der Waals surface area contributed by atoms with Gasteiger partial charge >= 0.3 is 0 Å². The van der Waals surface area contributed by atoms with Crippen LogP contribution in [0.5, 0.6) is 0 Å². The van der Waals surface area contributed by atoms with Gasteiger partial charge in [-0.3, -0.25) is 0 Å². The minimum atomic E-state index is -2.51. The highest BCUT2D eigenvalue weighted by Gasteiger charge is 2.26. The Kier molecular flexibility index (Phi) is 6.77. The van der Waals surface area contributed by atoms with Gasteiger partial charge in [0.1, 0.15) is 2.82 Å². The largest absolute Gasteiger partial charge is 0.314 e. The van der Waals surface area contributed by atoms with E-state index in [9.17, 15) is 1.37 Å². The van der Waals surface area contributed by atoms with Crippen molar-refractivity contribution in [3.8, 4) is 0 Å². The van der Waals surface area contributed by atoms with Crippen LogP contribution in [0.1, 0.15) is 78.5 Å². The topological polar surface area (TPSA) is 48.1 Å². The van der Waals surface area contributed by atoms with E-state index in [1.807, 2.05) is 24.3 Å². The number of benzene rings is 2. The molecule has 2 fully saturated rings. The predicted octanol–water partition coefficient (Wildman–Crippen LogP) is 5.39. The summed E-state index contributed by atoms with van der Waals surface area (Å²) in [7, 11) is 0. The first-order valence-corrected chi connectivity index (χ1v) is 13.8. The molecule has 4 nitrogen and oxygen atoms in total. The highest BCUT2D eigenvalue weighted by atomic mass is 32.2. The summed E-state index contributed by atoms with van der Waals surface area (Å²) < 4.78 is 82.6. The Balaban J connectivity index is 1.51. The Morgan fingerprint density at radius 2 is 1.74 bits per heavy atom. The first kappa shape index (κ1) is 16.5. The smallest absolute Gasteiger partial charge is 0.123 e. The Hall–Kier alpha value is -1.37. The molecule has 2 aliphatic rings. The number of nitrogens with one attached hydrogen (secondary N) is 4. The van der Waals surface area contributed by atoms with Crippen LogP contribution < -0.4 is 21.3 Å². The van der Waals surface area contributed by atoms with E-state index in [-0.39, 0.29) is 17.0 Å². The van der Waals surface area contributed by atoms with Gasteiger partial charge in [-0.15, -0.1) is 0 Å². The van der Waals surface area contributed by atoms with Gasteiger partial charge in [-0.2, -0.15) is 0 Å². The van der Waals surface area contributed by atoms with Crippen LogP contribution in [-0.2, 0) is 0 Å². The zero-order chi connectivity index (χ0) is 32.9. The van der Waals surface area contributed by atoms with Crippen molar-refractivity contribution in [3.63, 3.8) is 0 Å². The maximum atomic E-state index is 9.50. The van der Waals surface area contributed by atoms with Crippen molar-refractivity contribution in [2.45, 2.75) is 86.4 Å². The predicted molar refractivity (Wildman–Crippen MR) is 151 cm³/mol. The van der Waals surface area contributed by atoms with Gasteiger partial charge < -0.3 is 21.3 Å². The average molecular weight is 505 g/mol. The molecule has 3 unspecified atom stereocenters. The van der Waals surface area contributed by atoms with E-state index in [0.29, 0.717) is 50.5 Å². The lowest BCUT2D eigenvalue weighted by atomic mass is 9.85. The average Bonchev–Trinajstić information content (AvgIpc) is 2.97. The van der Waals surface area contributed by atoms with Gasteiger partial charge in [0, 0.05) is 78.0 Å². The van der Waals surface area contributed by atoms with E-state index >= 15 is 0 Å². The Labute approximate surface area is 232 Å². The molecule has 2 aromatic carbocycles. The van der Waals surface area contributed by atoms with Crippen molar-refractivity contribution in [2.75, 3.05) is 39.3 Å². The summed E-state index contributed by atoms with van der Waals surface area (Å²) in [5.74, 6) is -0.328. The monoisotopic (exact) mass is 504 g/mol. The van der Waals surface area contributed by atoms with Crippen molar-refractivity contribution in [2.24, 2.45) is 0 Å². The number of aryl methyl sites for hydroxylation is 2. The quantitative estimate of drug-likeness (QED) is 0.292. The van der Waals surface area contributed by atoms with Gasteiger partial charge in [0.05, 0.1) is 0 Å². The fraction of sp³-hybridized carbons (Fsp3) is 0.600. The van der Waals surface area contributed by atoms with Gasteiger partial charge in [0.15, 0.2) is 0 Å². The Bertz CT molecular complexity index is 1260. The minimum Gasteiger partial charge on any atom is -0.314 e. The van der Waals surface area contributed by atoms with E-state index < -0.39 is 25.7 Å². The lowest BCUT2D eigenvalue weighted by Gasteiger charge is -2.33. The summed E-state index contributed by atoms with van der Waals surface area (Å²) in [6.07, 6.45) is 5.95. The molecule has 2 saturated heterocycles. The third-order valence-corrected chi connectivity index (χ3v) is 7.88. The first-order valence-electron chi connectivity index (χ1n) is 17.9. The summed E-state index contributed by atoms with van der Waals surface area (Å²) in [6.45, 7) is -1.73. The normalized spacial score (nSPS) is 31.9. The second kappa shape index (κ2) is 14.4. The molecule has 2 aromatic rings. The molecule has 4 rings (SSSR count). The molecule has 4 N–H and O–H groups in total. The van der Waals surface area contributed by atoms with Crippen LogP contribution in [0.3, 0.4) is 0 Å². The summed E-state index contributed by atoms with van der Waals surface area (Å²) in [5, 5.41) is 9.30. The van der Waals surface area contributed by atoms with Gasteiger partial charge in [0.25, 0.3) is 0 Å². The van der Waals surface area contributed by atoms with E-state index in [1.54, 1.807) is 6.07 Å². The molecule has 192 valence electrons. The third kappa shape index (κ3) is 8.33. The lowest BCUT2D eigenvalue weighted by Crippen LogP contribution is -2.51. The molecule has 2 aliphatic heterocycles. The van der Waals surface area contributed by atoms with E-state index in [1.165, 1.54) is 34.5 Å². The number of piperazine rings is 2. The van der Waals surface area contributed by atoms with Gasteiger partial charge in [0.2, 0.25) is 0 Å². The number of unbranched alkanes of at least 4 members (excludes halogenated alkanes) is 4. The molecule has 0 amide bonds. The fourth-order valence-electron chi connectivity index (χ4n) is 4.84. The summed E-state index contributed by atoms with van der Waals surface area (Å²) >= 11 is 1.27. The second-order valence-corrected chi connectivity index (χ2v) is 10.5. The van der Waals surface area contributed by atoms with Crippen molar-refractivity contribution in [1.29, 1.82) is 0 Å². The van der Waals surface area contributed by atoms with Gasteiger partial charge in [-0.25, -0.2) is 0 Å². The van der Waals surface area contributed by atoms with Crippen molar-refractivity contribution in [3.05, 3.63) is 59.2 Å². The lowest BCUT2D eigenvalue weighted by molar-refractivity contribution is 0.344. The van der Waals surface area contributed by atoms with Crippen LogP contribution >= 0.6 is 11.8 Å². The van der Waals surface area contributed by atoms with E-state index in [0.717, 1.165) is 49.1 Å². The number of hydrogen-bond acceptors (Lipinski definition) is 5. The molecular formula is C30H46N4S. The molecule has 0 aliphatic carbocycles. The zero-order valence-corrected chi connectivity index (χ0v) is 21.4. The SMILES string of the molecule is [2H]N1CCNCC1([2H])CCCCCCCC(c1ccccc1Sc1ccc(C([2H])([2H])[2H])cc1C([2H])([2H])[2H])C1([2H])CNCCN1[2H]. The highest BCUT2D eigenvalue weighted by molar-refractivity contribution is 7.99.